The van der Waals surface area contributed by atoms with Crippen LogP contribution in [-0.4, -0.2) is 28.2 Å². The molecule has 1 saturated heterocycles. The molecule has 0 aliphatic carbocycles. The van der Waals surface area contributed by atoms with Gasteiger partial charge in [0.05, 0.1) is 0 Å². The van der Waals surface area contributed by atoms with Gasteiger partial charge in [0.25, 0.3) is 5.91 Å². The number of halogens is 2. The number of nitrogens with zero attached hydrogens (tertiary/aromatic N) is 1. The predicted molar refractivity (Wildman–Crippen MR) is 90.8 cm³/mol. The van der Waals surface area contributed by atoms with E-state index in [0.29, 0.717) is 10.9 Å². The Labute approximate surface area is 137 Å². The maximum atomic E-state index is 12.7. The Kier molecular flexibility index (Phi) is 5.69. The van der Waals surface area contributed by atoms with E-state index in [9.17, 15) is 4.79 Å². The van der Waals surface area contributed by atoms with Crippen molar-refractivity contribution < 1.29 is 4.79 Å². The molecule has 0 N–H and O–H groups in total. The number of carbonyl (C=O) groups excluding carboxylic acids is 1. The highest BCUT2D eigenvalue weighted by atomic mass is 127. The fourth-order valence-electron chi connectivity index (χ4n) is 2.68. The summed E-state index contributed by atoms with van der Waals surface area (Å²) in [6, 6.07) is 8.26. The summed E-state index contributed by atoms with van der Waals surface area (Å²) >= 11 is 5.87. The van der Waals surface area contributed by atoms with Crippen LogP contribution in [0.2, 0.25) is 0 Å². The Bertz CT molecular complexity index is 450. The average molecular weight is 436 g/mol. The highest BCUT2D eigenvalue weighted by molar-refractivity contribution is 14.1. The highest BCUT2D eigenvalue weighted by Crippen LogP contribution is 2.25. The molecule has 0 spiro atoms. The molecule has 1 fully saturated rings. The van der Waals surface area contributed by atoms with Crippen LogP contribution in [0.25, 0.3) is 0 Å². The van der Waals surface area contributed by atoms with E-state index >= 15 is 0 Å². The van der Waals surface area contributed by atoms with Gasteiger partial charge >= 0.3 is 0 Å². The van der Waals surface area contributed by atoms with Gasteiger partial charge in [-0.3, -0.25) is 4.79 Å². The summed E-state index contributed by atoms with van der Waals surface area (Å²) in [5.41, 5.74) is 0.820. The van der Waals surface area contributed by atoms with Crippen molar-refractivity contribution in [3.63, 3.8) is 0 Å². The number of likely N-dealkylation sites (tertiary alicyclic amines) is 1. The van der Waals surface area contributed by atoms with Gasteiger partial charge in [-0.1, -0.05) is 28.9 Å². The van der Waals surface area contributed by atoms with Gasteiger partial charge < -0.3 is 4.90 Å². The minimum atomic E-state index is 0.191. The SMILES string of the molecule is CC(Br)CC1CCCCN1C(=O)c1cccc(I)c1. The predicted octanol–water partition coefficient (Wildman–Crippen LogP) is 4.46. The summed E-state index contributed by atoms with van der Waals surface area (Å²) in [5.74, 6) is 0.191. The van der Waals surface area contributed by atoms with Gasteiger partial charge in [-0.15, -0.1) is 0 Å². The summed E-state index contributed by atoms with van der Waals surface area (Å²) in [6.45, 7) is 3.05. The zero-order chi connectivity index (χ0) is 13.8. The lowest BCUT2D eigenvalue weighted by molar-refractivity contribution is 0.0603. The number of benzene rings is 1. The van der Waals surface area contributed by atoms with Gasteiger partial charge in [0, 0.05) is 26.5 Å². The normalized spacial score (nSPS) is 21.2. The van der Waals surface area contributed by atoms with E-state index in [4.69, 9.17) is 0 Å². The lowest BCUT2D eigenvalue weighted by Crippen LogP contribution is -2.44. The van der Waals surface area contributed by atoms with Crippen molar-refractivity contribution in [2.75, 3.05) is 6.54 Å². The molecule has 1 aliphatic heterocycles. The smallest absolute Gasteiger partial charge is 0.254 e. The highest BCUT2D eigenvalue weighted by Gasteiger charge is 2.28. The zero-order valence-electron chi connectivity index (χ0n) is 11.1. The van der Waals surface area contributed by atoms with Crippen LogP contribution < -0.4 is 0 Å². The molecule has 2 unspecified atom stereocenters. The lowest BCUT2D eigenvalue weighted by Gasteiger charge is -2.36. The van der Waals surface area contributed by atoms with Crippen molar-refractivity contribution in [2.45, 2.75) is 43.5 Å². The summed E-state index contributed by atoms with van der Waals surface area (Å²) in [7, 11) is 0. The summed E-state index contributed by atoms with van der Waals surface area (Å²) in [6.07, 6.45) is 4.53. The lowest BCUT2D eigenvalue weighted by atomic mass is 9.97. The van der Waals surface area contributed by atoms with Crippen LogP contribution in [0.1, 0.15) is 43.0 Å². The summed E-state index contributed by atoms with van der Waals surface area (Å²) in [5, 5.41) is 0. The van der Waals surface area contributed by atoms with Crippen molar-refractivity contribution in [1.82, 2.24) is 4.90 Å². The second-order valence-corrected chi connectivity index (χ2v) is 7.98. The molecule has 0 bridgehead atoms. The van der Waals surface area contributed by atoms with E-state index in [1.165, 1.54) is 6.42 Å². The largest absolute Gasteiger partial charge is 0.336 e. The van der Waals surface area contributed by atoms with Crippen molar-refractivity contribution in [2.24, 2.45) is 0 Å². The number of piperidine rings is 1. The molecule has 1 aliphatic rings. The van der Waals surface area contributed by atoms with Crippen molar-refractivity contribution in [1.29, 1.82) is 0 Å². The van der Waals surface area contributed by atoms with Crippen LogP contribution in [-0.2, 0) is 0 Å². The van der Waals surface area contributed by atoms with Crippen LogP contribution in [0.15, 0.2) is 24.3 Å². The first-order valence-electron chi connectivity index (χ1n) is 6.78. The monoisotopic (exact) mass is 435 g/mol. The van der Waals surface area contributed by atoms with Gasteiger partial charge in [0.1, 0.15) is 0 Å². The third-order valence-corrected chi connectivity index (χ3v) is 4.60. The van der Waals surface area contributed by atoms with E-state index in [2.05, 4.69) is 50.3 Å². The quantitative estimate of drug-likeness (QED) is 0.507. The Balaban J connectivity index is 2.15. The van der Waals surface area contributed by atoms with Crippen LogP contribution in [0.5, 0.6) is 0 Å². The fraction of sp³-hybridized carbons (Fsp3) is 0.533. The van der Waals surface area contributed by atoms with Gasteiger partial charge in [-0.05, 0) is 66.5 Å². The molecular formula is C15H19BrINO. The first-order chi connectivity index (χ1) is 9.08. The van der Waals surface area contributed by atoms with Crippen molar-refractivity contribution >= 4 is 44.4 Å². The molecule has 19 heavy (non-hydrogen) atoms. The Morgan fingerprint density at radius 2 is 2.32 bits per heavy atom. The van der Waals surface area contributed by atoms with Gasteiger partial charge in [0.2, 0.25) is 0 Å². The van der Waals surface area contributed by atoms with Gasteiger partial charge in [0.15, 0.2) is 0 Å². The fourth-order valence-corrected chi connectivity index (χ4v) is 3.65. The number of hydrogen-bond acceptors (Lipinski definition) is 1. The first-order valence-corrected chi connectivity index (χ1v) is 8.78. The number of hydrogen-bond donors (Lipinski definition) is 0. The van der Waals surface area contributed by atoms with Crippen LogP contribution >= 0.6 is 38.5 Å². The van der Waals surface area contributed by atoms with Crippen LogP contribution in [0.3, 0.4) is 0 Å². The molecule has 4 heteroatoms. The standard InChI is InChI=1S/C15H19BrINO/c1-11(16)9-14-7-2-3-8-18(14)15(19)12-5-4-6-13(17)10-12/h4-6,10-11,14H,2-3,7-9H2,1H3. The van der Waals surface area contributed by atoms with Crippen molar-refractivity contribution in [3.8, 4) is 0 Å². The molecule has 1 heterocycles. The minimum Gasteiger partial charge on any atom is -0.336 e. The summed E-state index contributed by atoms with van der Waals surface area (Å²) in [4.78, 5) is 15.2. The van der Waals surface area contributed by atoms with Crippen LogP contribution in [0.4, 0.5) is 0 Å². The topological polar surface area (TPSA) is 20.3 Å². The Hall–Kier alpha value is -0.100. The average Bonchev–Trinajstić information content (AvgIpc) is 2.38. The maximum Gasteiger partial charge on any atom is 0.254 e. The Morgan fingerprint density at radius 3 is 3.00 bits per heavy atom. The van der Waals surface area contributed by atoms with Gasteiger partial charge in [-0.25, -0.2) is 0 Å². The van der Waals surface area contributed by atoms with E-state index in [1.54, 1.807) is 0 Å². The van der Waals surface area contributed by atoms with E-state index in [-0.39, 0.29) is 5.91 Å². The molecule has 1 aromatic carbocycles. The molecule has 1 amide bonds. The first kappa shape index (κ1) is 15.3. The molecule has 0 aromatic heterocycles. The molecular weight excluding hydrogens is 417 g/mol. The molecule has 2 atom stereocenters. The molecule has 104 valence electrons. The maximum absolute atomic E-state index is 12.7. The second kappa shape index (κ2) is 7.07. The number of carbonyl (C=O) groups is 1. The molecule has 0 saturated carbocycles. The van der Waals surface area contributed by atoms with E-state index in [0.717, 1.165) is 34.9 Å². The minimum absolute atomic E-state index is 0.191. The number of alkyl halides is 1. The Morgan fingerprint density at radius 1 is 1.53 bits per heavy atom. The van der Waals surface area contributed by atoms with Crippen LogP contribution in [0, 0.1) is 3.57 Å². The molecule has 1 aromatic rings. The molecule has 0 radical (unpaired) electrons. The third-order valence-electron chi connectivity index (χ3n) is 3.56. The number of amides is 1. The summed E-state index contributed by atoms with van der Waals surface area (Å²) < 4.78 is 1.12. The van der Waals surface area contributed by atoms with E-state index in [1.807, 2.05) is 24.3 Å². The molecule has 2 rings (SSSR count). The zero-order valence-corrected chi connectivity index (χ0v) is 14.9. The van der Waals surface area contributed by atoms with E-state index < -0.39 is 0 Å². The second-order valence-electron chi connectivity index (χ2n) is 5.17. The van der Waals surface area contributed by atoms with Crippen molar-refractivity contribution in [3.05, 3.63) is 33.4 Å². The number of rotatable bonds is 3. The molecule has 2 nitrogen and oxygen atoms in total. The van der Waals surface area contributed by atoms with Gasteiger partial charge in [-0.2, -0.15) is 0 Å². The third kappa shape index (κ3) is 4.18.